The monoisotopic (exact) mass is 379 g/mol. The standard InChI is InChI=1S/C23H22ClNO2/c1-16-7-9-18(10-8-16)15-27-22-12-11-19(13-23(22)26-3)14-25-21-6-4-5-20(24)17(21)2/h4-14H,15H2,1-3H3. The molecule has 0 saturated heterocycles. The van der Waals surface area contributed by atoms with Crippen molar-refractivity contribution in [3.05, 3.63) is 87.9 Å². The molecular weight excluding hydrogens is 358 g/mol. The number of aliphatic imine (C=N–C) groups is 1. The topological polar surface area (TPSA) is 30.8 Å². The highest BCUT2D eigenvalue weighted by Crippen LogP contribution is 2.29. The van der Waals surface area contributed by atoms with Crippen molar-refractivity contribution in [2.45, 2.75) is 20.5 Å². The maximum atomic E-state index is 6.15. The molecule has 0 heterocycles. The Hall–Kier alpha value is -2.78. The lowest BCUT2D eigenvalue weighted by Gasteiger charge is -2.11. The molecule has 0 bridgehead atoms. The Labute approximate surface area is 165 Å². The zero-order valence-corrected chi connectivity index (χ0v) is 16.5. The minimum Gasteiger partial charge on any atom is -0.493 e. The summed E-state index contributed by atoms with van der Waals surface area (Å²) in [5.74, 6) is 1.38. The molecule has 3 nitrogen and oxygen atoms in total. The lowest BCUT2D eigenvalue weighted by Crippen LogP contribution is -1.98. The number of hydrogen-bond donors (Lipinski definition) is 0. The molecule has 0 saturated carbocycles. The molecule has 0 radical (unpaired) electrons. The largest absolute Gasteiger partial charge is 0.493 e. The highest BCUT2D eigenvalue weighted by molar-refractivity contribution is 6.31. The number of halogens is 1. The molecule has 0 unspecified atom stereocenters. The summed E-state index contributed by atoms with van der Waals surface area (Å²) in [6, 6.07) is 19.7. The number of rotatable bonds is 6. The van der Waals surface area contributed by atoms with Gasteiger partial charge in [-0.05, 0) is 60.9 Å². The Kier molecular flexibility index (Phi) is 6.15. The predicted octanol–water partition coefficient (Wildman–Crippen LogP) is 6.30. The summed E-state index contributed by atoms with van der Waals surface area (Å²) in [6.07, 6.45) is 1.80. The molecule has 0 atom stereocenters. The maximum absolute atomic E-state index is 6.15. The predicted molar refractivity (Wildman–Crippen MR) is 112 cm³/mol. The van der Waals surface area contributed by atoms with Gasteiger partial charge >= 0.3 is 0 Å². The first kappa shape index (κ1) is 19.0. The molecule has 27 heavy (non-hydrogen) atoms. The van der Waals surface area contributed by atoms with Crippen LogP contribution in [-0.4, -0.2) is 13.3 Å². The van der Waals surface area contributed by atoms with Gasteiger partial charge in [0.2, 0.25) is 0 Å². The van der Waals surface area contributed by atoms with Gasteiger partial charge in [0, 0.05) is 11.2 Å². The lowest BCUT2D eigenvalue weighted by molar-refractivity contribution is 0.284. The fraction of sp³-hybridized carbons (Fsp3) is 0.174. The molecule has 0 N–H and O–H groups in total. The van der Waals surface area contributed by atoms with Gasteiger partial charge in [0.05, 0.1) is 12.8 Å². The van der Waals surface area contributed by atoms with Crippen LogP contribution < -0.4 is 9.47 Å². The quantitative estimate of drug-likeness (QED) is 0.471. The van der Waals surface area contributed by atoms with Crippen molar-refractivity contribution in [2.24, 2.45) is 4.99 Å². The molecule has 0 spiro atoms. The average molecular weight is 380 g/mol. The van der Waals surface area contributed by atoms with E-state index in [1.54, 1.807) is 13.3 Å². The molecule has 138 valence electrons. The number of nitrogens with zero attached hydrogens (tertiary/aromatic N) is 1. The molecule has 3 aromatic carbocycles. The molecule has 0 fully saturated rings. The van der Waals surface area contributed by atoms with Crippen molar-refractivity contribution in [1.82, 2.24) is 0 Å². The van der Waals surface area contributed by atoms with Gasteiger partial charge in [0.15, 0.2) is 11.5 Å². The van der Waals surface area contributed by atoms with Gasteiger partial charge in [-0.15, -0.1) is 0 Å². The third-order valence-electron chi connectivity index (χ3n) is 4.29. The smallest absolute Gasteiger partial charge is 0.161 e. The lowest BCUT2D eigenvalue weighted by atomic mass is 10.1. The minimum absolute atomic E-state index is 0.492. The fourth-order valence-electron chi connectivity index (χ4n) is 2.61. The van der Waals surface area contributed by atoms with Crippen LogP contribution in [0.4, 0.5) is 5.69 Å². The summed E-state index contributed by atoms with van der Waals surface area (Å²) >= 11 is 6.15. The average Bonchev–Trinajstić information content (AvgIpc) is 2.69. The third kappa shape index (κ3) is 4.89. The van der Waals surface area contributed by atoms with Gasteiger partial charge in [-0.3, -0.25) is 4.99 Å². The molecule has 0 aliphatic rings. The Morgan fingerprint density at radius 3 is 2.48 bits per heavy atom. The van der Waals surface area contributed by atoms with Crippen LogP contribution in [0.3, 0.4) is 0 Å². The fourth-order valence-corrected chi connectivity index (χ4v) is 2.78. The van der Waals surface area contributed by atoms with Gasteiger partial charge in [-0.25, -0.2) is 0 Å². The second kappa shape index (κ2) is 8.74. The van der Waals surface area contributed by atoms with Crippen LogP contribution in [0.5, 0.6) is 11.5 Å². The highest BCUT2D eigenvalue weighted by atomic mass is 35.5. The summed E-state index contributed by atoms with van der Waals surface area (Å²) in [6.45, 7) is 4.52. The molecule has 3 aromatic rings. The van der Waals surface area contributed by atoms with E-state index >= 15 is 0 Å². The summed E-state index contributed by atoms with van der Waals surface area (Å²) in [4.78, 5) is 4.54. The van der Waals surface area contributed by atoms with Crippen molar-refractivity contribution >= 4 is 23.5 Å². The van der Waals surface area contributed by atoms with E-state index in [0.717, 1.165) is 22.4 Å². The van der Waals surface area contributed by atoms with Crippen molar-refractivity contribution in [2.75, 3.05) is 7.11 Å². The summed E-state index contributed by atoms with van der Waals surface area (Å²) in [5.41, 5.74) is 5.08. The van der Waals surface area contributed by atoms with Crippen LogP contribution in [0.25, 0.3) is 0 Å². The first-order chi connectivity index (χ1) is 13.1. The van der Waals surface area contributed by atoms with Crippen LogP contribution in [0.2, 0.25) is 5.02 Å². The Morgan fingerprint density at radius 1 is 0.963 bits per heavy atom. The SMILES string of the molecule is COc1cc(C=Nc2cccc(Cl)c2C)ccc1OCc1ccc(C)cc1. The van der Waals surface area contributed by atoms with Gasteiger partial charge in [-0.1, -0.05) is 47.5 Å². The minimum atomic E-state index is 0.492. The van der Waals surface area contributed by atoms with E-state index < -0.39 is 0 Å². The Morgan fingerprint density at radius 2 is 1.74 bits per heavy atom. The molecule has 0 amide bonds. The van der Waals surface area contributed by atoms with Crippen molar-refractivity contribution in [3.8, 4) is 11.5 Å². The van der Waals surface area contributed by atoms with Crippen molar-refractivity contribution in [3.63, 3.8) is 0 Å². The third-order valence-corrected chi connectivity index (χ3v) is 4.70. The van der Waals surface area contributed by atoms with E-state index in [9.17, 15) is 0 Å². The first-order valence-electron chi connectivity index (χ1n) is 8.72. The number of benzene rings is 3. The van der Waals surface area contributed by atoms with Crippen LogP contribution in [0.15, 0.2) is 65.7 Å². The van der Waals surface area contributed by atoms with Crippen LogP contribution in [0.1, 0.15) is 22.3 Å². The van der Waals surface area contributed by atoms with Crippen molar-refractivity contribution < 1.29 is 9.47 Å². The molecule has 3 rings (SSSR count). The molecular formula is C23H22ClNO2. The van der Waals surface area contributed by atoms with Gasteiger partial charge in [0.25, 0.3) is 0 Å². The normalized spacial score (nSPS) is 11.0. The van der Waals surface area contributed by atoms with E-state index in [1.807, 2.05) is 43.3 Å². The highest BCUT2D eigenvalue weighted by Gasteiger charge is 2.06. The van der Waals surface area contributed by atoms with Crippen LogP contribution in [0, 0.1) is 13.8 Å². The van der Waals surface area contributed by atoms with E-state index in [-0.39, 0.29) is 0 Å². The summed E-state index contributed by atoms with van der Waals surface area (Å²) in [5, 5.41) is 0.710. The van der Waals surface area contributed by atoms with Gasteiger partial charge in [0.1, 0.15) is 6.61 Å². The van der Waals surface area contributed by atoms with Crippen LogP contribution in [-0.2, 0) is 6.61 Å². The maximum Gasteiger partial charge on any atom is 0.161 e. The molecule has 0 aliphatic heterocycles. The summed E-state index contributed by atoms with van der Waals surface area (Å²) in [7, 11) is 1.64. The number of methoxy groups -OCH3 is 1. The Bertz CT molecular complexity index is 949. The molecule has 0 aliphatic carbocycles. The zero-order chi connectivity index (χ0) is 19.2. The van der Waals surface area contributed by atoms with Gasteiger partial charge in [-0.2, -0.15) is 0 Å². The van der Waals surface area contributed by atoms with E-state index in [1.165, 1.54) is 5.56 Å². The second-order valence-electron chi connectivity index (χ2n) is 6.33. The number of ether oxygens (including phenoxy) is 2. The molecule has 4 heteroatoms. The number of hydrogen-bond acceptors (Lipinski definition) is 3. The van der Waals surface area contributed by atoms with Crippen LogP contribution >= 0.6 is 11.6 Å². The zero-order valence-electron chi connectivity index (χ0n) is 15.7. The first-order valence-corrected chi connectivity index (χ1v) is 9.10. The Balaban J connectivity index is 1.74. The van der Waals surface area contributed by atoms with E-state index in [4.69, 9.17) is 21.1 Å². The van der Waals surface area contributed by atoms with E-state index in [2.05, 4.69) is 36.2 Å². The van der Waals surface area contributed by atoms with Gasteiger partial charge < -0.3 is 9.47 Å². The van der Waals surface area contributed by atoms with Crippen molar-refractivity contribution in [1.29, 1.82) is 0 Å². The molecule has 0 aromatic heterocycles. The number of aryl methyl sites for hydroxylation is 1. The van der Waals surface area contributed by atoms with E-state index in [0.29, 0.717) is 23.1 Å². The summed E-state index contributed by atoms with van der Waals surface area (Å²) < 4.78 is 11.4. The second-order valence-corrected chi connectivity index (χ2v) is 6.73.